The summed E-state index contributed by atoms with van der Waals surface area (Å²) in [6.45, 7) is 2.09. The quantitative estimate of drug-likeness (QED) is 0.491. The fourth-order valence-electron chi connectivity index (χ4n) is 4.43. The molecule has 192 valence electrons. The van der Waals surface area contributed by atoms with Gasteiger partial charge in [-0.15, -0.1) is 11.3 Å². The number of hydrogen-bond donors (Lipinski definition) is 1. The molecule has 0 unspecified atom stereocenters. The average Bonchev–Trinajstić information content (AvgIpc) is 3.67. The van der Waals surface area contributed by atoms with Crippen LogP contribution in [-0.4, -0.2) is 71.3 Å². The highest BCUT2D eigenvalue weighted by atomic mass is 32.1. The Kier molecular flexibility index (Phi) is 7.45. The molecule has 2 fully saturated rings. The van der Waals surface area contributed by atoms with Gasteiger partial charge >= 0.3 is 0 Å². The minimum atomic E-state index is -0.312. The van der Waals surface area contributed by atoms with Crippen LogP contribution in [0.5, 0.6) is 0 Å². The van der Waals surface area contributed by atoms with Crippen molar-refractivity contribution in [3.63, 3.8) is 0 Å². The van der Waals surface area contributed by atoms with E-state index < -0.39 is 0 Å². The Labute approximate surface area is 218 Å². The number of carbonyl (C=O) groups excluding carboxylic acids is 3. The molecule has 3 amide bonds. The summed E-state index contributed by atoms with van der Waals surface area (Å²) in [6, 6.07) is 15.7. The third-order valence-corrected chi connectivity index (χ3v) is 7.35. The Bertz CT molecular complexity index is 1270. The molecular formula is C27H28FN5O3S. The van der Waals surface area contributed by atoms with Crippen LogP contribution in [0.1, 0.15) is 28.9 Å². The molecule has 1 N–H and O–H groups in total. The van der Waals surface area contributed by atoms with Crippen LogP contribution in [0.2, 0.25) is 0 Å². The summed E-state index contributed by atoms with van der Waals surface area (Å²) in [5.41, 5.74) is 1.70. The van der Waals surface area contributed by atoms with Crippen molar-refractivity contribution < 1.29 is 18.8 Å². The van der Waals surface area contributed by atoms with Gasteiger partial charge in [0.1, 0.15) is 12.4 Å². The molecule has 0 radical (unpaired) electrons. The molecule has 2 heterocycles. The molecule has 2 aliphatic rings. The maximum absolute atomic E-state index is 14.1. The highest BCUT2D eigenvalue weighted by Gasteiger charge is 2.34. The van der Waals surface area contributed by atoms with Gasteiger partial charge in [0.05, 0.1) is 17.8 Å². The van der Waals surface area contributed by atoms with Crippen LogP contribution in [0.4, 0.5) is 15.2 Å². The minimum absolute atomic E-state index is 0.0431. The molecule has 0 bridgehead atoms. The molecule has 0 spiro atoms. The number of nitrogens with zero attached hydrogens (tertiary/aromatic N) is 4. The number of benzene rings is 2. The van der Waals surface area contributed by atoms with Gasteiger partial charge in [-0.2, -0.15) is 0 Å². The van der Waals surface area contributed by atoms with Crippen LogP contribution < -0.4 is 10.2 Å². The second kappa shape index (κ2) is 11.1. The monoisotopic (exact) mass is 521 g/mol. The lowest BCUT2D eigenvalue weighted by atomic mass is 10.2. The van der Waals surface area contributed by atoms with Crippen LogP contribution in [0.25, 0.3) is 0 Å². The first-order valence-corrected chi connectivity index (χ1v) is 13.2. The normalized spacial score (nSPS) is 15.4. The van der Waals surface area contributed by atoms with Gasteiger partial charge in [-0.05, 0) is 37.1 Å². The molecular weight excluding hydrogens is 493 g/mol. The van der Waals surface area contributed by atoms with Crippen molar-refractivity contribution in [2.24, 2.45) is 0 Å². The number of rotatable bonds is 8. The average molecular weight is 522 g/mol. The SMILES string of the molecule is O=C(CN(C(=O)c1ccccc1)C1CC1)Nc1nc(CC(=O)N2CCN(c3ccccc3F)CC2)cs1. The van der Waals surface area contributed by atoms with E-state index in [2.05, 4.69) is 10.3 Å². The van der Waals surface area contributed by atoms with Gasteiger partial charge in [0.15, 0.2) is 5.13 Å². The summed E-state index contributed by atoms with van der Waals surface area (Å²) in [5.74, 6) is -0.778. The van der Waals surface area contributed by atoms with Gasteiger partial charge < -0.3 is 20.0 Å². The van der Waals surface area contributed by atoms with Gasteiger partial charge in [-0.25, -0.2) is 9.37 Å². The molecule has 1 aliphatic carbocycles. The van der Waals surface area contributed by atoms with Gasteiger partial charge in [-0.1, -0.05) is 30.3 Å². The number of thiazole rings is 1. The number of para-hydroxylation sites is 1. The van der Waals surface area contributed by atoms with Gasteiger partial charge in [0, 0.05) is 43.2 Å². The van der Waals surface area contributed by atoms with Gasteiger partial charge in [0.25, 0.3) is 5.91 Å². The molecule has 0 atom stereocenters. The Morgan fingerprint density at radius 1 is 1.00 bits per heavy atom. The van der Waals surface area contributed by atoms with Crippen molar-refractivity contribution in [2.75, 3.05) is 42.9 Å². The lowest BCUT2D eigenvalue weighted by molar-refractivity contribution is -0.130. The van der Waals surface area contributed by atoms with E-state index in [0.29, 0.717) is 48.3 Å². The highest BCUT2D eigenvalue weighted by molar-refractivity contribution is 7.13. The Balaban J connectivity index is 1.11. The number of anilines is 2. The first-order chi connectivity index (χ1) is 18.0. The number of halogens is 1. The fourth-order valence-corrected chi connectivity index (χ4v) is 5.16. The first kappa shape index (κ1) is 24.9. The summed E-state index contributed by atoms with van der Waals surface area (Å²) in [7, 11) is 0. The lowest BCUT2D eigenvalue weighted by Gasteiger charge is -2.36. The van der Waals surface area contributed by atoms with E-state index in [9.17, 15) is 18.8 Å². The maximum Gasteiger partial charge on any atom is 0.254 e. The van der Waals surface area contributed by atoms with Gasteiger partial charge in [0.2, 0.25) is 11.8 Å². The molecule has 2 aromatic carbocycles. The zero-order chi connectivity index (χ0) is 25.8. The smallest absolute Gasteiger partial charge is 0.254 e. The Morgan fingerprint density at radius 2 is 1.70 bits per heavy atom. The summed E-state index contributed by atoms with van der Waals surface area (Å²) < 4.78 is 14.1. The van der Waals surface area contributed by atoms with Crippen molar-refractivity contribution in [3.8, 4) is 0 Å². The molecule has 5 rings (SSSR count). The molecule has 10 heteroatoms. The number of piperazine rings is 1. The summed E-state index contributed by atoms with van der Waals surface area (Å²) in [6.07, 6.45) is 1.92. The molecule has 37 heavy (non-hydrogen) atoms. The molecule has 1 aromatic heterocycles. The Hall–Kier alpha value is -3.79. The fraction of sp³-hybridized carbons (Fsp3) is 0.333. The minimum Gasteiger partial charge on any atom is -0.366 e. The number of aromatic nitrogens is 1. The maximum atomic E-state index is 14.1. The zero-order valence-corrected chi connectivity index (χ0v) is 21.1. The number of nitrogens with one attached hydrogen (secondary N) is 1. The summed E-state index contributed by atoms with van der Waals surface area (Å²) >= 11 is 1.25. The lowest BCUT2D eigenvalue weighted by Crippen LogP contribution is -2.49. The van der Waals surface area contributed by atoms with Crippen molar-refractivity contribution in [1.82, 2.24) is 14.8 Å². The predicted octanol–water partition coefficient (Wildman–Crippen LogP) is 3.42. The topological polar surface area (TPSA) is 85.8 Å². The van der Waals surface area contributed by atoms with Crippen LogP contribution in [-0.2, 0) is 16.0 Å². The van der Waals surface area contributed by atoms with E-state index in [0.717, 1.165) is 12.8 Å². The molecule has 1 aliphatic heterocycles. The van der Waals surface area contributed by atoms with Gasteiger partial charge in [-0.3, -0.25) is 14.4 Å². The van der Waals surface area contributed by atoms with Crippen molar-refractivity contribution in [3.05, 3.63) is 77.1 Å². The second-order valence-corrected chi connectivity index (χ2v) is 10.1. The highest BCUT2D eigenvalue weighted by Crippen LogP contribution is 2.28. The van der Waals surface area contributed by atoms with E-state index in [-0.39, 0.29) is 42.5 Å². The third kappa shape index (κ3) is 6.14. The number of carbonyl (C=O) groups is 3. The summed E-state index contributed by atoms with van der Waals surface area (Å²) in [5, 5.41) is 4.93. The van der Waals surface area contributed by atoms with E-state index in [4.69, 9.17) is 0 Å². The van der Waals surface area contributed by atoms with Crippen LogP contribution in [0, 0.1) is 5.82 Å². The van der Waals surface area contributed by atoms with E-state index in [1.165, 1.54) is 17.4 Å². The Morgan fingerprint density at radius 3 is 2.41 bits per heavy atom. The van der Waals surface area contributed by atoms with E-state index in [1.807, 2.05) is 11.0 Å². The molecule has 8 nitrogen and oxygen atoms in total. The van der Waals surface area contributed by atoms with Crippen molar-refractivity contribution >= 4 is 39.9 Å². The molecule has 1 saturated carbocycles. The second-order valence-electron chi connectivity index (χ2n) is 9.22. The van der Waals surface area contributed by atoms with Crippen molar-refractivity contribution in [2.45, 2.75) is 25.3 Å². The zero-order valence-electron chi connectivity index (χ0n) is 20.3. The third-order valence-electron chi connectivity index (χ3n) is 6.54. The first-order valence-electron chi connectivity index (χ1n) is 12.4. The molecule has 3 aromatic rings. The number of amides is 3. The van der Waals surface area contributed by atoms with E-state index in [1.54, 1.807) is 57.6 Å². The van der Waals surface area contributed by atoms with Crippen molar-refractivity contribution in [1.29, 1.82) is 0 Å². The molecule has 1 saturated heterocycles. The number of hydrogen-bond acceptors (Lipinski definition) is 6. The van der Waals surface area contributed by atoms with Crippen LogP contribution in [0.15, 0.2) is 60.0 Å². The van der Waals surface area contributed by atoms with E-state index >= 15 is 0 Å². The predicted molar refractivity (Wildman–Crippen MR) is 140 cm³/mol. The standard InChI is InChI=1S/C27H28FN5O3S/c28-22-8-4-5-9-23(22)31-12-14-32(15-13-31)25(35)16-20-18-37-27(29-20)30-24(34)17-33(21-10-11-21)26(36)19-6-2-1-3-7-19/h1-9,18,21H,10-17H2,(H,29,30,34). The van der Waals surface area contributed by atoms with Crippen LogP contribution in [0.3, 0.4) is 0 Å². The summed E-state index contributed by atoms with van der Waals surface area (Å²) in [4.78, 5) is 48.1. The largest absolute Gasteiger partial charge is 0.366 e. The van der Waals surface area contributed by atoms with Crippen LogP contribution >= 0.6 is 11.3 Å².